The van der Waals surface area contributed by atoms with Crippen molar-refractivity contribution in [2.45, 2.75) is 51.5 Å². The lowest BCUT2D eigenvalue weighted by atomic mass is 10.2. The largest absolute Gasteiger partial charge is 0.487 e. The summed E-state index contributed by atoms with van der Waals surface area (Å²) in [6.45, 7) is 1.98. The third-order valence-corrected chi connectivity index (χ3v) is 4.32. The topological polar surface area (TPSA) is 75.8 Å². The normalized spacial score (nSPS) is 17.3. The Bertz CT molecular complexity index is 328. The Morgan fingerprint density at radius 2 is 2.11 bits per heavy atom. The number of Topliss-reactive ketones (excluding diaryl/α,β-unsaturated/α-hetero) is 1. The second-order valence-corrected chi connectivity index (χ2v) is 5.77. The molecule has 0 aromatic rings. The molecule has 0 unspecified atom stereocenters. The van der Waals surface area contributed by atoms with E-state index in [2.05, 4.69) is 6.92 Å². The molecule has 1 aliphatic carbocycles. The first kappa shape index (κ1) is 16.7. The molecule has 1 saturated carbocycles. The number of unbranched alkanes of at least 4 members (excludes halogenated alkanes) is 1. The van der Waals surface area contributed by atoms with Crippen LogP contribution in [0.4, 0.5) is 0 Å². The predicted octanol–water partition coefficient (Wildman–Crippen LogP) is 2.09. The van der Waals surface area contributed by atoms with E-state index in [1.807, 2.05) is 22.6 Å². The highest BCUT2D eigenvalue weighted by Gasteiger charge is 2.25. The summed E-state index contributed by atoms with van der Waals surface area (Å²) in [4.78, 5) is 11.7. The van der Waals surface area contributed by atoms with E-state index < -0.39 is 12.4 Å². The minimum absolute atomic E-state index is 0.200. The van der Waals surface area contributed by atoms with Crippen LogP contribution in [0.15, 0.2) is 9.46 Å². The van der Waals surface area contributed by atoms with Gasteiger partial charge >= 0.3 is 0 Å². The number of rotatable bonds is 8. The van der Waals surface area contributed by atoms with Crippen molar-refractivity contribution < 1.29 is 14.6 Å². The lowest BCUT2D eigenvalue weighted by molar-refractivity contribution is -0.121. The number of aliphatic hydroxyl groups excluding tert-OH is 1. The number of hydrogen-bond acceptors (Lipinski definition) is 5. The monoisotopic (exact) mass is 382 g/mol. The summed E-state index contributed by atoms with van der Waals surface area (Å²) in [5.74, 6) is 5.87. The average molecular weight is 382 g/mol. The molecule has 1 rings (SSSR count). The van der Waals surface area contributed by atoms with Crippen LogP contribution < -0.4 is 5.84 Å². The Morgan fingerprint density at radius 3 is 2.63 bits per heavy atom. The Morgan fingerprint density at radius 1 is 1.47 bits per heavy atom. The van der Waals surface area contributed by atoms with Crippen LogP contribution in [-0.4, -0.2) is 35.2 Å². The number of nitrogens with two attached hydrogens (primary N) is 1. The van der Waals surface area contributed by atoms with Crippen LogP contribution in [0.2, 0.25) is 0 Å². The van der Waals surface area contributed by atoms with Gasteiger partial charge in [-0.25, -0.2) is 5.84 Å². The first-order valence-corrected chi connectivity index (χ1v) is 7.90. The van der Waals surface area contributed by atoms with Gasteiger partial charge in [0.1, 0.15) is 10.3 Å². The van der Waals surface area contributed by atoms with E-state index >= 15 is 0 Å². The summed E-state index contributed by atoms with van der Waals surface area (Å²) in [5, 5.41) is 10.7. The van der Waals surface area contributed by atoms with Crippen molar-refractivity contribution in [1.29, 1.82) is 0 Å². The molecule has 19 heavy (non-hydrogen) atoms. The molecule has 0 aromatic carbocycles. The summed E-state index contributed by atoms with van der Waals surface area (Å²) in [5.41, 5.74) is 0. The fourth-order valence-corrected chi connectivity index (χ4v) is 2.96. The third-order valence-electron chi connectivity index (χ3n) is 3.27. The number of ether oxygens (including phenoxy) is 1. The highest BCUT2D eigenvalue weighted by molar-refractivity contribution is 14.1. The van der Waals surface area contributed by atoms with Gasteiger partial charge in [0, 0.05) is 6.04 Å². The molecule has 5 nitrogen and oxygen atoms in total. The lowest BCUT2D eigenvalue weighted by Gasteiger charge is -2.26. The van der Waals surface area contributed by atoms with Crippen LogP contribution in [-0.2, 0) is 9.53 Å². The van der Waals surface area contributed by atoms with Gasteiger partial charge in [0.2, 0.25) is 5.78 Å². The summed E-state index contributed by atoms with van der Waals surface area (Å²) in [6, 6.07) is 0.267. The molecule has 110 valence electrons. The number of carbonyl (C=O) groups is 1. The zero-order chi connectivity index (χ0) is 14.3. The Balaban J connectivity index is 2.77. The van der Waals surface area contributed by atoms with Crippen molar-refractivity contribution in [2.75, 3.05) is 13.2 Å². The molecule has 0 aliphatic heterocycles. The van der Waals surface area contributed by atoms with Gasteiger partial charge in [-0.1, -0.05) is 26.2 Å². The van der Waals surface area contributed by atoms with E-state index in [0.29, 0.717) is 10.3 Å². The van der Waals surface area contributed by atoms with Crippen LogP contribution in [0, 0.1) is 0 Å². The average Bonchev–Trinajstić information content (AvgIpc) is 2.95. The van der Waals surface area contributed by atoms with Gasteiger partial charge in [0.05, 0.1) is 6.61 Å². The Labute approximate surface area is 128 Å². The number of halogens is 1. The molecule has 1 aliphatic rings. The number of hydrogen-bond donors (Lipinski definition) is 2. The van der Waals surface area contributed by atoms with Crippen LogP contribution in [0.3, 0.4) is 0 Å². The summed E-state index contributed by atoms with van der Waals surface area (Å²) < 4.78 is 6.12. The van der Waals surface area contributed by atoms with E-state index in [1.54, 1.807) is 5.01 Å². The van der Waals surface area contributed by atoms with E-state index in [4.69, 9.17) is 15.7 Å². The molecule has 0 aromatic heterocycles. The number of nitrogens with zero attached hydrogens (tertiary/aromatic N) is 1. The molecule has 0 heterocycles. The van der Waals surface area contributed by atoms with E-state index in [9.17, 15) is 4.79 Å². The molecule has 0 amide bonds. The van der Waals surface area contributed by atoms with Crippen molar-refractivity contribution in [1.82, 2.24) is 5.01 Å². The second kappa shape index (κ2) is 8.76. The summed E-state index contributed by atoms with van der Waals surface area (Å²) in [6.07, 6.45) is 6.29. The number of carbonyl (C=O) groups excluding carboxylic acids is 1. The molecule has 1 fully saturated rings. The second-order valence-electron chi connectivity index (χ2n) is 4.75. The molecular weight excluding hydrogens is 359 g/mol. The minimum atomic E-state index is -0.549. The molecule has 6 heteroatoms. The van der Waals surface area contributed by atoms with Crippen LogP contribution >= 0.6 is 22.6 Å². The summed E-state index contributed by atoms with van der Waals surface area (Å²) >= 11 is 2.03. The molecule has 0 radical (unpaired) electrons. The number of hydrazine groups is 1. The smallest absolute Gasteiger partial charge is 0.225 e. The zero-order valence-electron chi connectivity index (χ0n) is 11.4. The Hall–Kier alpha value is -0.340. The minimum Gasteiger partial charge on any atom is -0.487 e. The van der Waals surface area contributed by atoms with Gasteiger partial charge < -0.3 is 9.84 Å². The standard InChI is InChI=1S/C13H23IN2O3/c1-2-3-8-19-12(11(18)9-17)13(14)16(15)10-6-4-5-7-10/h10,17H,2-9,15H2,1H3/b13-12-. The number of ketones is 1. The highest BCUT2D eigenvalue weighted by atomic mass is 127. The van der Waals surface area contributed by atoms with Crippen LogP contribution in [0.25, 0.3) is 0 Å². The van der Waals surface area contributed by atoms with Gasteiger partial charge in [-0.05, 0) is 41.9 Å². The molecule has 0 atom stereocenters. The van der Waals surface area contributed by atoms with Crippen molar-refractivity contribution in [3.63, 3.8) is 0 Å². The van der Waals surface area contributed by atoms with E-state index in [-0.39, 0.29) is 11.8 Å². The maximum Gasteiger partial charge on any atom is 0.225 e. The van der Waals surface area contributed by atoms with Crippen LogP contribution in [0.1, 0.15) is 45.4 Å². The van der Waals surface area contributed by atoms with Gasteiger partial charge in [0.15, 0.2) is 5.76 Å². The first-order chi connectivity index (χ1) is 9.11. The van der Waals surface area contributed by atoms with Gasteiger partial charge in [0.25, 0.3) is 0 Å². The van der Waals surface area contributed by atoms with Crippen molar-refractivity contribution in [3.8, 4) is 0 Å². The SMILES string of the molecule is CCCCO/C(C(=O)CO)=C(/I)N(N)C1CCCC1. The zero-order valence-corrected chi connectivity index (χ0v) is 13.6. The molecule has 0 saturated heterocycles. The predicted molar refractivity (Wildman–Crippen MR) is 82.3 cm³/mol. The van der Waals surface area contributed by atoms with Crippen LogP contribution in [0.5, 0.6) is 0 Å². The fraction of sp³-hybridized carbons (Fsp3) is 0.769. The van der Waals surface area contributed by atoms with Crippen molar-refractivity contribution in [3.05, 3.63) is 9.46 Å². The van der Waals surface area contributed by atoms with E-state index in [0.717, 1.165) is 25.7 Å². The highest BCUT2D eigenvalue weighted by Crippen LogP contribution is 2.28. The van der Waals surface area contributed by atoms with Gasteiger partial charge in [-0.3, -0.25) is 9.80 Å². The fourth-order valence-electron chi connectivity index (χ4n) is 2.11. The first-order valence-electron chi connectivity index (χ1n) is 6.82. The summed E-state index contributed by atoms with van der Waals surface area (Å²) in [7, 11) is 0. The van der Waals surface area contributed by atoms with E-state index in [1.165, 1.54) is 12.8 Å². The maximum absolute atomic E-state index is 11.7. The van der Waals surface area contributed by atoms with Gasteiger partial charge in [-0.15, -0.1) is 0 Å². The molecule has 3 N–H and O–H groups in total. The molecule has 0 spiro atoms. The lowest BCUT2D eigenvalue weighted by Crippen LogP contribution is -2.38. The molecule has 0 bridgehead atoms. The molecular formula is C13H23IN2O3. The van der Waals surface area contributed by atoms with Gasteiger partial charge in [-0.2, -0.15) is 0 Å². The Kier molecular flexibility index (Phi) is 7.70. The third kappa shape index (κ3) is 4.92. The maximum atomic E-state index is 11.7. The quantitative estimate of drug-likeness (QED) is 0.128. The van der Waals surface area contributed by atoms with Crippen molar-refractivity contribution >= 4 is 28.4 Å². The number of aliphatic hydroxyl groups is 1. The van der Waals surface area contributed by atoms with Crippen molar-refractivity contribution in [2.24, 2.45) is 5.84 Å².